The van der Waals surface area contributed by atoms with E-state index < -0.39 is 5.60 Å². The maximum Gasteiger partial charge on any atom is 0.302 e. The highest BCUT2D eigenvalue weighted by Crippen LogP contribution is 2.73. The molecule has 0 heterocycles. The molecule has 0 aromatic rings. The molecule has 186 valence electrons. The fourth-order valence-corrected chi connectivity index (χ4v) is 8.82. The Morgan fingerprint density at radius 2 is 1.58 bits per heavy atom. The van der Waals surface area contributed by atoms with Crippen LogP contribution >= 0.6 is 0 Å². The van der Waals surface area contributed by atoms with E-state index in [2.05, 4.69) is 13.8 Å². The molecule has 0 saturated heterocycles. The first-order chi connectivity index (χ1) is 15.3. The highest BCUT2D eigenvalue weighted by atomic mass is 16.6. The van der Waals surface area contributed by atoms with Crippen molar-refractivity contribution in [1.29, 1.82) is 0 Å². The summed E-state index contributed by atoms with van der Waals surface area (Å²) in [5.41, 5.74) is -1.59. The number of hydrogen-bond acceptors (Lipinski definition) is 7. The predicted octanol–water partition coefficient (Wildman–Crippen LogP) is 3.80. The summed E-state index contributed by atoms with van der Waals surface area (Å²) in [5, 5.41) is 11.6. The summed E-state index contributed by atoms with van der Waals surface area (Å²) in [6.07, 6.45) is 6.65. The van der Waals surface area contributed by atoms with E-state index in [-0.39, 0.29) is 64.6 Å². The standard InChI is InChI=1S/C26H40O7/c1-16(27)31-14-23(4)9-6-10-24(5)20-8-7-19-12-25(20,13-26(19,30)15-32-17(2)28)22(11-21(23)24)33-18(3)29/h19-22,30H,6-15H2,1-5H3/t19-,20+,21?,22+,23-,24+,25-,26+/m1/s1. The van der Waals surface area contributed by atoms with Crippen molar-refractivity contribution in [2.24, 2.45) is 34.0 Å². The number of aliphatic hydroxyl groups is 1. The lowest BCUT2D eigenvalue weighted by Crippen LogP contribution is -2.63. The Labute approximate surface area is 196 Å². The highest BCUT2D eigenvalue weighted by Gasteiger charge is 2.71. The van der Waals surface area contributed by atoms with Gasteiger partial charge < -0.3 is 19.3 Å². The third-order valence-corrected chi connectivity index (χ3v) is 9.95. The molecule has 1 unspecified atom stereocenters. The van der Waals surface area contributed by atoms with E-state index in [1.54, 1.807) is 0 Å². The van der Waals surface area contributed by atoms with E-state index in [9.17, 15) is 19.5 Å². The van der Waals surface area contributed by atoms with Crippen LogP contribution in [0.25, 0.3) is 0 Å². The van der Waals surface area contributed by atoms with Crippen molar-refractivity contribution in [3.05, 3.63) is 0 Å². The zero-order chi connectivity index (χ0) is 24.2. The molecule has 4 fully saturated rings. The van der Waals surface area contributed by atoms with Crippen LogP contribution < -0.4 is 0 Å². The van der Waals surface area contributed by atoms with E-state index in [0.717, 1.165) is 38.5 Å². The van der Waals surface area contributed by atoms with Gasteiger partial charge in [0.2, 0.25) is 0 Å². The van der Waals surface area contributed by atoms with Crippen LogP contribution in [-0.4, -0.2) is 47.9 Å². The summed E-state index contributed by atoms with van der Waals surface area (Å²) in [6, 6.07) is 0. The summed E-state index contributed by atoms with van der Waals surface area (Å²) in [5.74, 6) is -0.391. The first-order valence-electron chi connectivity index (χ1n) is 12.5. The van der Waals surface area contributed by atoms with Crippen molar-refractivity contribution in [3.8, 4) is 0 Å². The summed E-state index contributed by atoms with van der Waals surface area (Å²) in [7, 11) is 0. The Balaban J connectivity index is 1.72. The molecule has 4 rings (SSSR count). The monoisotopic (exact) mass is 464 g/mol. The van der Waals surface area contributed by atoms with Crippen molar-refractivity contribution in [3.63, 3.8) is 0 Å². The number of esters is 3. The number of carbonyl (C=O) groups excluding carboxylic acids is 3. The molecule has 2 bridgehead atoms. The second-order valence-corrected chi connectivity index (χ2v) is 12.0. The number of ether oxygens (including phenoxy) is 3. The third kappa shape index (κ3) is 3.98. The van der Waals surface area contributed by atoms with Gasteiger partial charge in [-0.15, -0.1) is 0 Å². The Morgan fingerprint density at radius 1 is 0.909 bits per heavy atom. The van der Waals surface area contributed by atoms with Crippen LogP contribution in [0.3, 0.4) is 0 Å². The van der Waals surface area contributed by atoms with Gasteiger partial charge in [0.1, 0.15) is 18.3 Å². The molecular formula is C26H40O7. The molecule has 4 saturated carbocycles. The number of fused-ring (bicyclic) bond motifs is 3. The molecule has 0 radical (unpaired) electrons. The fraction of sp³-hybridized carbons (Fsp3) is 0.885. The second kappa shape index (κ2) is 8.24. The number of rotatable bonds is 5. The van der Waals surface area contributed by atoms with Gasteiger partial charge in [0.05, 0.1) is 6.61 Å². The van der Waals surface area contributed by atoms with E-state index in [4.69, 9.17) is 14.2 Å². The van der Waals surface area contributed by atoms with Crippen LogP contribution in [-0.2, 0) is 28.6 Å². The summed E-state index contributed by atoms with van der Waals surface area (Å²) < 4.78 is 16.9. The molecule has 7 heteroatoms. The molecule has 7 nitrogen and oxygen atoms in total. The van der Waals surface area contributed by atoms with Crippen LogP contribution in [0, 0.1) is 34.0 Å². The van der Waals surface area contributed by atoms with Gasteiger partial charge in [-0.1, -0.05) is 20.3 Å². The van der Waals surface area contributed by atoms with Crippen LogP contribution in [0.5, 0.6) is 0 Å². The lowest BCUT2D eigenvalue weighted by Gasteiger charge is -2.65. The van der Waals surface area contributed by atoms with Crippen molar-refractivity contribution < 1.29 is 33.7 Å². The highest BCUT2D eigenvalue weighted by molar-refractivity contribution is 5.67. The maximum absolute atomic E-state index is 12.2. The molecule has 0 aromatic heterocycles. The molecule has 4 aliphatic rings. The molecule has 1 N–H and O–H groups in total. The van der Waals surface area contributed by atoms with Gasteiger partial charge in [0.25, 0.3) is 0 Å². The fourth-order valence-electron chi connectivity index (χ4n) is 8.82. The van der Waals surface area contributed by atoms with Crippen molar-refractivity contribution >= 4 is 17.9 Å². The topological polar surface area (TPSA) is 99.1 Å². The Morgan fingerprint density at radius 3 is 2.21 bits per heavy atom. The Hall–Kier alpha value is -1.63. The van der Waals surface area contributed by atoms with Crippen LogP contribution in [0.2, 0.25) is 0 Å². The van der Waals surface area contributed by atoms with Gasteiger partial charge in [-0.05, 0) is 68.1 Å². The minimum Gasteiger partial charge on any atom is -0.465 e. The molecule has 1 spiro atoms. The van der Waals surface area contributed by atoms with E-state index in [1.807, 2.05) is 0 Å². The first-order valence-corrected chi connectivity index (χ1v) is 12.5. The van der Waals surface area contributed by atoms with Gasteiger partial charge >= 0.3 is 17.9 Å². The summed E-state index contributed by atoms with van der Waals surface area (Å²) in [4.78, 5) is 35.4. The normalized spacial score (nSPS) is 46.0. The molecule has 0 aromatic carbocycles. The van der Waals surface area contributed by atoms with Gasteiger partial charge in [-0.3, -0.25) is 14.4 Å². The minimum absolute atomic E-state index is 0.00142. The predicted molar refractivity (Wildman–Crippen MR) is 120 cm³/mol. The number of hydrogen-bond donors (Lipinski definition) is 1. The van der Waals surface area contributed by atoms with Crippen molar-refractivity contribution in [1.82, 2.24) is 0 Å². The molecule has 0 aliphatic heterocycles. The molecule has 33 heavy (non-hydrogen) atoms. The van der Waals surface area contributed by atoms with Gasteiger partial charge in [0.15, 0.2) is 0 Å². The molecule has 8 atom stereocenters. The second-order valence-electron chi connectivity index (χ2n) is 12.0. The zero-order valence-electron chi connectivity index (χ0n) is 20.8. The Bertz CT molecular complexity index is 825. The average Bonchev–Trinajstić information content (AvgIpc) is 2.93. The first kappa shape index (κ1) is 24.5. The SMILES string of the molecule is CC(=O)OC[C@@]1(C)CCC[C@]2(C)C1C[C@H](OC(C)=O)[C@@]13C[C@@H](CC[C@H]12)[C@@](O)(COC(C)=O)C3. The summed E-state index contributed by atoms with van der Waals surface area (Å²) >= 11 is 0. The quantitative estimate of drug-likeness (QED) is 0.488. The third-order valence-electron chi connectivity index (χ3n) is 9.95. The van der Waals surface area contributed by atoms with Crippen molar-refractivity contribution in [2.75, 3.05) is 13.2 Å². The smallest absolute Gasteiger partial charge is 0.302 e. The van der Waals surface area contributed by atoms with Gasteiger partial charge in [-0.2, -0.15) is 0 Å². The van der Waals surface area contributed by atoms with E-state index in [1.165, 1.54) is 20.8 Å². The minimum atomic E-state index is -1.09. The average molecular weight is 465 g/mol. The number of carbonyl (C=O) groups is 3. The molecular weight excluding hydrogens is 424 g/mol. The van der Waals surface area contributed by atoms with Crippen LogP contribution in [0.1, 0.15) is 86.0 Å². The Kier molecular flexibility index (Phi) is 6.12. The van der Waals surface area contributed by atoms with Gasteiger partial charge in [0, 0.05) is 31.6 Å². The lowest BCUT2D eigenvalue weighted by molar-refractivity contribution is -0.221. The van der Waals surface area contributed by atoms with E-state index in [0.29, 0.717) is 19.4 Å². The van der Waals surface area contributed by atoms with Crippen LogP contribution in [0.4, 0.5) is 0 Å². The zero-order valence-corrected chi connectivity index (χ0v) is 20.8. The maximum atomic E-state index is 12.2. The van der Waals surface area contributed by atoms with E-state index >= 15 is 0 Å². The molecule has 4 aliphatic carbocycles. The largest absolute Gasteiger partial charge is 0.465 e. The molecule has 0 amide bonds. The van der Waals surface area contributed by atoms with Crippen molar-refractivity contribution in [2.45, 2.75) is 97.7 Å². The van der Waals surface area contributed by atoms with Gasteiger partial charge in [-0.25, -0.2) is 0 Å². The lowest BCUT2D eigenvalue weighted by atomic mass is 9.40. The van der Waals surface area contributed by atoms with Crippen LogP contribution in [0.15, 0.2) is 0 Å². The summed E-state index contributed by atoms with van der Waals surface area (Å²) in [6.45, 7) is 9.25.